The number of nitrogens with one attached hydrogen (secondary N) is 2. The summed E-state index contributed by atoms with van der Waals surface area (Å²) in [7, 11) is 0. The number of thiophene rings is 2. The zero-order valence-electron chi connectivity index (χ0n) is 16.8. The van der Waals surface area contributed by atoms with Gasteiger partial charge in [-0.05, 0) is 71.6 Å². The molecule has 3 heterocycles. The molecular formula is C24H18N2O4S2. The number of benzene rings is 2. The van der Waals surface area contributed by atoms with Gasteiger partial charge in [0.05, 0.1) is 9.75 Å². The predicted octanol–water partition coefficient (Wildman–Crippen LogP) is 5.75. The number of hydrogen-bond acceptors (Lipinski definition) is 6. The Morgan fingerprint density at radius 1 is 0.750 bits per heavy atom. The molecule has 0 spiro atoms. The fraction of sp³-hybridized carbons (Fsp3) is 0.0833. The molecule has 4 aromatic rings. The zero-order valence-corrected chi connectivity index (χ0v) is 18.4. The lowest BCUT2D eigenvalue weighted by atomic mass is 10.1. The summed E-state index contributed by atoms with van der Waals surface area (Å²) in [6, 6.07) is 20.2. The second-order valence-electron chi connectivity index (χ2n) is 6.99. The minimum atomic E-state index is -0.186. The van der Waals surface area contributed by atoms with Crippen LogP contribution in [0.1, 0.15) is 19.3 Å². The van der Waals surface area contributed by atoms with E-state index in [0.29, 0.717) is 34.3 Å². The standard InChI is InChI=1S/C24H18N2O4S2/c27-23(21-2-1-13-31-21)25-16-4-6-17(7-5-16)26-24(28)22-10-9-20(32-22)15-3-8-18-19(14-15)30-12-11-29-18/h1-10,13-14H,11-12H2,(H,25,27)(H,26,28). The number of carbonyl (C=O) groups excluding carboxylic acids is 2. The van der Waals surface area contributed by atoms with Crippen molar-refractivity contribution in [2.24, 2.45) is 0 Å². The Hall–Kier alpha value is -3.62. The molecule has 2 aromatic carbocycles. The van der Waals surface area contributed by atoms with Gasteiger partial charge in [0.1, 0.15) is 13.2 Å². The monoisotopic (exact) mass is 462 g/mol. The predicted molar refractivity (Wildman–Crippen MR) is 127 cm³/mol. The molecule has 0 fully saturated rings. The first kappa shape index (κ1) is 20.3. The largest absolute Gasteiger partial charge is 0.486 e. The van der Waals surface area contributed by atoms with Crippen molar-refractivity contribution in [1.82, 2.24) is 0 Å². The van der Waals surface area contributed by atoms with E-state index in [2.05, 4.69) is 10.6 Å². The van der Waals surface area contributed by atoms with Gasteiger partial charge in [0, 0.05) is 16.3 Å². The van der Waals surface area contributed by atoms with E-state index in [1.54, 1.807) is 30.3 Å². The molecular weight excluding hydrogens is 444 g/mol. The number of ether oxygens (including phenoxy) is 2. The minimum absolute atomic E-state index is 0.151. The Bertz CT molecular complexity index is 1260. The van der Waals surface area contributed by atoms with Gasteiger partial charge in [-0.15, -0.1) is 22.7 Å². The van der Waals surface area contributed by atoms with E-state index in [-0.39, 0.29) is 11.8 Å². The van der Waals surface area contributed by atoms with E-state index in [0.717, 1.165) is 21.9 Å². The lowest BCUT2D eigenvalue weighted by molar-refractivity contribution is 0.102. The van der Waals surface area contributed by atoms with Crippen LogP contribution in [0.3, 0.4) is 0 Å². The summed E-state index contributed by atoms with van der Waals surface area (Å²) in [6.07, 6.45) is 0. The molecule has 0 saturated carbocycles. The van der Waals surface area contributed by atoms with Gasteiger partial charge in [0.25, 0.3) is 11.8 Å². The molecule has 0 unspecified atom stereocenters. The third-order valence-corrected chi connectivity index (χ3v) is 6.80. The molecule has 1 aliphatic rings. The number of rotatable bonds is 5. The second-order valence-corrected chi connectivity index (χ2v) is 9.02. The quantitative estimate of drug-likeness (QED) is 0.396. The maximum Gasteiger partial charge on any atom is 0.265 e. The molecule has 5 rings (SSSR count). The number of amides is 2. The first-order valence-electron chi connectivity index (χ1n) is 9.92. The summed E-state index contributed by atoms with van der Waals surface area (Å²) >= 11 is 2.80. The van der Waals surface area contributed by atoms with Crippen molar-refractivity contribution < 1.29 is 19.1 Å². The summed E-state index contributed by atoms with van der Waals surface area (Å²) in [4.78, 5) is 27.1. The van der Waals surface area contributed by atoms with Crippen LogP contribution in [-0.2, 0) is 0 Å². The fourth-order valence-corrected chi connectivity index (χ4v) is 4.76. The Balaban J connectivity index is 1.24. The van der Waals surface area contributed by atoms with E-state index in [1.165, 1.54) is 22.7 Å². The van der Waals surface area contributed by atoms with Crippen LogP contribution in [0.25, 0.3) is 10.4 Å². The molecule has 0 radical (unpaired) electrons. The Morgan fingerprint density at radius 3 is 2.12 bits per heavy atom. The lowest BCUT2D eigenvalue weighted by Crippen LogP contribution is -2.15. The van der Waals surface area contributed by atoms with Gasteiger partial charge < -0.3 is 20.1 Å². The summed E-state index contributed by atoms with van der Waals surface area (Å²) in [5.74, 6) is 1.13. The number of carbonyl (C=O) groups is 2. The van der Waals surface area contributed by atoms with Crippen LogP contribution >= 0.6 is 22.7 Å². The summed E-state index contributed by atoms with van der Waals surface area (Å²) in [5.41, 5.74) is 2.29. The van der Waals surface area contributed by atoms with E-state index >= 15 is 0 Å². The Morgan fingerprint density at radius 2 is 1.44 bits per heavy atom. The Labute approximate surface area is 192 Å². The van der Waals surface area contributed by atoms with Gasteiger partial charge in [0.2, 0.25) is 0 Å². The van der Waals surface area contributed by atoms with Gasteiger partial charge in [-0.3, -0.25) is 9.59 Å². The van der Waals surface area contributed by atoms with Crippen LogP contribution in [0.15, 0.2) is 72.1 Å². The van der Waals surface area contributed by atoms with Crippen LogP contribution in [0.5, 0.6) is 11.5 Å². The molecule has 0 aliphatic carbocycles. The van der Waals surface area contributed by atoms with Crippen molar-refractivity contribution >= 4 is 45.9 Å². The van der Waals surface area contributed by atoms with Crippen LogP contribution in [0, 0.1) is 0 Å². The molecule has 2 amide bonds. The highest BCUT2D eigenvalue weighted by Gasteiger charge is 2.15. The van der Waals surface area contributed by atoms with Crippen molar-refractivity contribution in [1.29, 1.82) is 0 Å². The number of fused-ring (bicyclic) bond motifs is 1. The van der Waals surface area contributed by atoms with E-state index < -0.39 is 0 Å². The van der Waals surface area contributed by atoms with Crippen LogP contribution in [0.4, 0.5) is 11.4 Å². The first-order valence-corrected chi connectivity index (χ1v) is 11.6. The number of hydrogen-bond donors (Lipinski definition) is 2. The van der Waals surface area contributed by atoms with E-state index in [1.807, 2.05) is 41.8 Å². The summed E-state index contributed by atoms with van der Waals surface area (Å²) < 4.78 is 11.2. The minimum Gasteiger partial charge on any atom is -0.486 e. The maximum absolute atomic E-state index is 12.7. The highest BCUT2D eigenvalue weighted by molar-refractivity contribution is 7.17. The summed E-state index contributed by atoms with van der Waals surface area (Å²) in [5, 5.41) is 7.60. The smallest absolute Gasteiger partial charge is 0.265 e. The topological polar surface area (TPSA) is 76.7 Å². The van der Waals surface area contributed by atoms with E-state index in [4.69, 9.17) is 9.47 Å². The van der Waals surface area contributed by atoms with Crippen molar-refractivity contribution in [3.05, 3.63) is 81.9 Å². The molecule has 2 N–H and O–H groups in total. The van der Waals surface area contributed by atoms with Crippen molar-refractivity contribution in [2.75, 3.05) is 23.8 Å². The van der Waals surface area contributed by atoms with Gasteiger partial charge >= 0.3 is 0 Å². The number of anilines is 2. The van der Waals surface area contributed by atoms with Gasteiger partial charge in [0.15, 0.2) is 11.5 Å². The van der Waals surface area contributed by atoms with Crippen molar-refractivity contribution in [3.63, 3.8) is 0 Å². The molecule has 8 heteroatoms. The molecule has 2 aromatic heterocycles. The average Bonchev–Trinajstić information content (AvgIpc) is 3.53. The van der Waals surface area contributed by atoms with Gasteiger partial charge in [-0.2, -0.15) is 0 Å². The molecule has 0 bridgehead atoms. The molecule has 1 aliphatic heterocycles. The molecule has 0 atom stereocenters. The highest BCUT2D eigenvalue weighted by Crippen LogP contribution is 2.37. The lowest BCUT2D eigenvalue weighted by Gasteiger charge is -2.18. The zero-order chi connectivity index (χ0) is 21.9. The molecule has 6 nitrogen and oxygen atoms in total. The van der Waals surface area contributed by atoms with Crippen LogP contribution in [-0.4, -0.2) is 25.0 Å². The fourth-order valence-electron chi connectivity index (χ4n) is 3.24. The van der Waals surface area contributed by atoms with Crippen molar-refractivity contribution in [3.8, 4) is 21.9 Å². The highest BCUT2D eigenvalue weighted by atomic mass is 32.1. The van der Waals surface area contributed by atoms with Crippen LogP contribution < -0.4 is 20.1 Å². The Kier molecular flexibility index (Phi) is 5.62. The first-order chi connectivity index (χ1) is 15.7. The molecule has 0 saturated heterocycles. The van der Waals surface area contributed by atoms with Crippen LogP contribution in [0.2, 0.25) is 0 Å². The van der Waals surface area contributed by atoms with Crippen molar-refractivity contribution in [2.45, 2.75) is 0 Å². The summed E-state index contributed by atoms with van der Waals surface area (Å²) in [6.45, 7) is 1.09. The third-order valence-electron chi connectivity index (χ3n) is 4.80. The molecule has 160 valence electrons. The molecule has 32 heavy (non-hydrogen) atoms. The normalized spacial score (nSPS) is 12.2. The van der Waals surface area contributed by atoms with Gasteiger partial charge in [-0.25, -0.2) is 0 Å². The SMILES string of the molecule is O=C(Nc1ccc(NC(=O)c2ccc(-c3ccc4c(c3)OCCO4)s2)cc1)c1cccs1. The maximum atomic E-state index is 12.7. The second kappa shape index (κ2) is 8.86. The average molecular weight is 463 g/mol. The third kappa shape index (κ3) is 4.37. The van der Waals surface area contributed by atoms with Gasteiger partial charge in [-0.1, -0.05) is 6.07 Å². The van der Waals surface area contributed by atoms with E-state index in [9.17, 15) is 9.59 Å².